The number of nitrogens with zero attached hydrogens (tertiary/aromatic N) is 1. The molecule has 1 fully saturated rings. The van der Waals surface area contributed by atoms with Crippen molar-refractivity contribution in [1.29, 1.82) is 0 Å². The van der Waals surface area contributed by atoms with E-state index in [2.05, 4.69) is 17.0 Å². The molecule has 0 saturated carbocycles. The van der Waals surface area contributed by atoms with Crippen molar-refractivity contribution < 1.29 is 9.53 Å². The third-order valence-electron chi connectivity index (χ3n) is 4.36. The lowest BCUT2D eigenvalue weighted by atomic mass is 10.1. The standard InChI is InChI=1S/C21H23NO2/c23-21(14-13-18-9-3-1-4-10-18)24-17-20(22-15-7-8-16-22)19-11-5-2-6-12-19/h1-6,9-14,20H,7-8,15-17H2/b14-13+. The van der Waals surface area contributed by atoms with Gasteiger partial charge in [-0.1, -0.05) is 60.7 Å². The van der Waals surface area contributed by atoms with E-state index in [0.717, 1.165) is 18.7 Å². The number of ether oxygens (including phenoxy) is 1. The molecule has 0 N–H and O–H groups in total. The first-order chi connectivity index (χ1) is 11.8. The average molecular weight is 321 g/mol. The largest absolute Gasteiger partial charge is 0.460 e. The van der Waals surface area contributed by atoms with Gasteiger partial charge in [0.15, 0.2) is 0 Å². The molecule has 1 heterocycles. The van der Waals surface area contributed by atoms with Crippen LogP contribution in [0.1, 0.15) is 30.0 Å². The van der Waals surface area contributed by atoms with Crippen molar-refractivity contribution in [2.45, 2.75) is 18.9 Å². The van der Waals surface area contributed by atoms with Crippen LogP contribution in [0.2, 0.25) is 0 Å². The zero-order valence-electron chi connectivity index (χ0n) is 13.8. The molecule has 1 aliphatic rings. The minimum atomic E-state index is -0.293. The lowest BCUT2D eigenvalue weighted by Crippen LogP contribution is -2.29. The van der Waals surface area contributed by atoms with Crippen molar-refractivity contribution in [2.24, 2.45) is 0 Å². The first-order valence-electron chi connectivity index (χ1n) is 8.52. The normalized spacial score (nSPS) is 16.3. The van der Waals surface area contributed by atoms with Crippen molar-refractivity contribution in [2.75, 3.05) is 19.7 Å². The molecule has 0 radical (unpaired) electrons. The summed E-state index contributed by atoms with van der Waals surface area (Å²) in [6, 6.07) is 20.2. The van der Waals surface area contributed by atoms with Gasteiger partial charge in [0, 0.05) is 6.08 Å². The van der Waals surface area contributed by atoms with Gasteiger partial charge in [0.1, 0.15) is 6.61 Å². The molecule has 1 aliphatic heterocycles. The zero-order chi connectivity index (χ0) is 16.6. The molecule has 3 nitrogen and oxygen atoms in total. The van der Waals surface area contributed by atoms with Crippen LogP contribution in [-0.4, -0.2) is 30.6 Å². The number of hydrogen-bond acceptors (Lipinski definition) is 3. The summed E-state index contributed by atoms with van der Waals surface area (Å²) >= 11 is 0. The summed E-state index contributed by atoms with van der Waals surface area (Å²) in [5.41, 5.74) is 2.20. The van der Waals surface area contributed by atoms with E-state index in [1.165, 1.54) is 24.5 Å². The summed E-state index contributed by atoms with van der Waals surface area (Å²) < 4.78 is 5.53. The van der Waals surface area contributed by atoms with Gasteiger partial charge in [0.05, 0.1) is 6.04 Å². The van der Waals surface area contributed by atoms with Crippen molar-refractivity contribution >= 4 is 12.0 Å². The molecule has 2 aromatic rings. The van der Waals surface area contributed by atoms with Crippen molar-refractivity contribution in [1.82, 2.24) is 4.90 Å². The average Bonchev–Trinajstić information content (AvgIpc) is 3.16. The number of benzene rings is 2. The summed E-state index contributed by atoms with van der Waals surface area (Å²) in [4.78, 5) is 14.4. The molecular formula is C21H23NO2. The Morgan fingerprint density at radius 3 is 2.29 bits per heavy atom. The van der Waals surface area contributed by atoms with E-state index in [1.54, 1.807) is 6.08 Å². The number of carbonyl (C=O) groups excluding carboxylic acids is 1. The van der Waals surface area contributed by atoms with Crippen LogP contribution >= 0.6 is 0 Å². The molecule has 2 aromatic carbocycles. The Morgan fingerprint density at radius 2 is 1.62 bits per heavy atom. The van der Waals surface area contributed by atoms with Crippen LogP contribution in [0.15, 0.2) is 66.7 Å². The SMILES string of the molecule is O=C(/C=C/c1ccccc1)OCC(c1ccccc1)N1CCCC1. The molecule has 0 aromatic heterocycles. The van der Waals surface area contributed by atoms with Crippen LogP contribution in [0.3, 0.4) is 0 Å². The van der Waals surface area contributed by atoms with Crippen molar-refractivity contribution in [3.8, 4) is 0 Å². The minimum absolute atomic E-state index is 0.141. The van der Waals surface area contributed by atoms with E-state index in [4.69, 9.17) is 4.74 Å². The lowest BCUT2D eigenvalue weighted by Gasteiger charge is -2.27. The second-order valence-corrected chi connectivity index (χ2v) is 6.04. The number of likely N-dealkylation sites (tertiary alicyclic amines) is 1. The Morgan fingerprint density at radius 1 is 1.00 bits per heavy atom. The highest BCUT2D eigenvalue weighted by Gasteiger charge is 2.24. The van der Waals surface area contributed by atoms with Gasteiger partial charge >= 0.3 is 5.97 Å². The van der Waals surface area contributed by atoms with Gasteiger partial charge in [-0.2, -0.15) is 0 Å². The predicted octanol–water partition coefficient (Wildman–Crippen LogP) is 4.08. The fraction of sp³-hybridized carbons (Fsp3) is 0.286. The van der Waals surface area contributed by atoms with Crippen molar-refractivity contribution in [3.05, 3.63) is 77.9 Å². The third-order valence-corrected chi connectivity index (χ3v) is 4.36. The lowest BCUT2D eigenvalue weighted by molar-refractivity contribution is -0.139. The van der Waals surface area contributed by atoms with Crippen LogP contribution in [0.4, 0.5) is 0 Å². The number of rotatable bonds is 6. The van der Waals surface area contributed by atoms with Gasteiger partial charge < -0.3 is 4.74 Å². The van der Waals surface area contributed by atoms with Gasteiger partial charge in [-0.05, 0) is 43.1 Å². The first-order valence-corrected chi connectivity index (χ1v) is 8.52. The maximum absolute atomic E-state index is 12.0. The molecule has 0 aliphatic carbocycles. The Hall–Kier alpha value is -2.39. The summed E-state index contributed by atoms with van der Waals surface area (Å²) in [6.07, 6.45) is 5.72. The number of hydrogen-bond donors (Lipinski definition) is 0. The molecule has 3 heteroatoms. The van der Waals surface area contributed by atoms with E-state index in [0.29, 0.717) is 6.61 Å². The quantitative estimate of drug-likeness (QED) is 0.593. The predicted molar refractivity (Wildman–Crippen MR) is 96.4 cm³/mol. The Balaban J connectivity index is 1.61. The highest BCUT2D eigenvalue weighted by atomic mass is 16.5. The van der Waals surface area contributed by atoms with Crippen LogP contribution in [0, 0.1) is 0 Å². The number of carbonyl (C=O) groups is 1. The smallest absolute Gasteiger partial charge is 0.330 e. The third kappa shape index (κ3) is 4.56. The molecule has 0 spiro atoms. The van der Waals surface area contributed by atoms with Gasteiger partial charge in [0.2, 0.25) is 0 Å². The van der Waals surface area contributed by atoms with Crippen molar-refractivity contribution in [3.63, 3.8) is 0 Å². The summed E-state index contributed by atoms with van der Waals surface area (Å²) in [6.45, 7) is 2.52. The molecule has 1 atom stereocenters. The fourth-order valence-corrected chi connectivity index (χ4v) is 3.08. The van der Waals surface area contributed by atoms with E-state index < -0.39 is 0 Å². The molecule has 1 unspecified atom stereocenters. The fourth-order valence-electron chi connectivity index (χ4n) is 3.08. The molecule has 0 amide bonds. The zero-order valence-corrected chi connectivity index (χ0v) is 13.8. The second-order valence-electron chi connectivity index (χ2n) is 6.04. The highest BCUT2D eigenvalue weighted by Crippen LogP contribution is 2.25. The maximum Gasteiger partial charge on any atom is 0.330 e. The van der Waals surface area contributed by atoms with Gasteiger partial charge in [-0.25, -0.2) is 4.79 Å². The monoisotopic (exact) mass is 321 g/mol. The summed E-state index contributed by atoms with van der Waals surface area (Å²) in [5.74, 6) is -0.293. The molecule has 124 valence electrons. The van der Waals surface area contributed by atoms with Crippen LogP contribution in [-0.2, 0) is 9.53 Å². The van der Waals surface area contributed by atoms with Crippen LogP contribution in [0.25, 0.3) is 6.08 Å². The Labute approximate surface area is 143 Å². The minimum Gasteiger partial charge on any atom is -0.460 e. The molecular weight excluding hydrogens is 298 g/mol. The van der Waals surface area contributed by atoms with E-state index in [9.17, 15) is 4.79 Å². The number of esters is 1. The maximum atomic E-state index is 12.0. The van der Waals surface area contributed by atoms with Crippen LogP contribution in [0.5, 0.6) is 0 Å². The first kappa shape index (κ1) is 16.5. The molecule has 1 saturated heterocycles. The van der Waals surface area contributed by atoms with E-state index >= 15 is 0 Å². The van der Waals surface area contributed by atoms with E-state index in [-0.39, 0.29) is 12.0 Å². The molecule has 24 heavy (non-hydrogen) atoms. The van der Waals surface area contributed by atoms with Gasteiger partial charge in [-0.3, -0.25) is 4.90 Å². The Bertz CT molecular complexity index is 661. The van der Waals surface area contributed by atoms with Gasteiger partial charge in [0.25, 0.3) is 0 Å². The summed E-state index contributed by atoms with van der Waals surface area (Å²) in [5, 5.41) is 0. The summed E-state index contributed by atoms with van der Waals surface area (Å²) in [7, 11) is 0. The molecule has 0 bridgehead atoms. The topological polar surface area (TPSA) is 29.5 Å². The second kappa shape index (κ2) is 8.46. The van der Waals surface area contributed by atoms with Crippen LogP contribution < -0.4 is 0 Å². The van der Waals surface area contributed by atoms with E-state index in [1.807, 2.05) is 48.5 Å². The highest BCUT2D eigenvalue weighted by molar-refractivity contribution is 5.87. The Kier molecular flexibility index (Phi) is 5.80. The molecule has 3 rings (SSSR count). The van der Waals surface area contributed by atoms with Gasteiger partial charge in [-0.15, -0.1) is 0 Å².